The van der Waals surface area contributed by atoms with Gasteiger partial charge in [0.05, 0.1) is 36.4 Å². The van der Waals surface area contributed by atoms with Gasteiger partial charge in [0.25, 0.3) is 0 Å². The van der Waals surface area contributed by atoms with Crippen molar-refractivity contribution in [3.8, 4) is 0 Å². The number of aromatic nitrogens is 2. The molecular formula is C15H18N2O4. The van der Waals surface area contributed by atoms with Crippen molar-refractivity contribution in [2.75, 3.05) is 19.8 Å². The Morgan fingerprint density at radius 2 is 2.19 bits per heavy atom. The Bertz CT molecular complexity index is 661. The van der Waals surface area contributed by atoms with E-state index in [1.165, 1.54) is 0 Å². The van der Waals surface area contributed by atoms with Crippen LogP contribution in [0, 0.1) is 0 Å². The van der Waals surface area contributed by atoms with Crippen LogP contribution in [-0.2, 0) is 11.3 Å². The van der Waals surface area contributed by atoms with Gasteiger partial charge >= 0.3 is 5.97 Å². The van der Waals surface area contributed by atoms with Gasteiger partial charge in [-0.1, -0.05) is 0 Å². The fourth-order valence-electron chi connectivity index (χ4n) is 2.49. The molecule has 6 heteroatoms. The zero-order chi connectivity index (χ0) is 14.8. The first-order chi connectivity index (χ1) is 10.2. The highest BCUT2D eigenvalue weighted by atomic mass is 16.5. The van der Waals surface area contributed by atoms with Crippen molar-refractivity contribution < 1.29 is 19.7 Å². The predicted molar refractivity (Wildman–Crippen MR) is 76.6 cm³/mol. The van der Waals surface area contributed by atoms with Crippen LogP contribution in [0.5, 0.6) is 0 Å². The minimum Gasteiger partial charge on any atom is -0.478 e. The Balaban J connectivity index is 1.94. The van der Waals surface area contributed by atoms with Crippen molar-refractivity contribution in [1.82, 2.24) is 9.55 Å². The first-order valence-corrected chi connectivity index (χ1v) is 7.13. The molecule has 0 amide bonds. The molecule has 0 saturated heterocycles. The van der Waals surface area contributed by atoms with Crippen LogP contribution in [0.25, 0.3) is 11.0 Å². The average molecular weight is 290 g/mol. The monoisotopic (exact) mass is 290 g/mol. The van der Waals surface area contributed by atoms with Gasteiger partial charge in [-0.2, -0.15) is 0 Å². The number of carboxylic acid groups (broad SMARTS) is 1. The molecule has 1 aliphatic carbocycles. The van der Waals surface area contributed by atoms with E-state index < -0.39 is 5.97 Å². The molecule has 0 bridgehead atoms. The summed E-state index contributed by atoms with van der Waals surface area (Å²) >= 11 is 0. The van der Waals surface area contributed by atoms with Crippen LogP contribution in [0.15, 0.2) is 18.2 Å². The van der Waals surface area contributed by atoms with Gasteiger partial charge in [0, 0.05) is 12.5 Å². The maximum Gasteiger partial charge on any atom is 0.335 e. The molecule has 1 saturated carbocycles. The van der Waals surface area contributed by atoms with Crippen molar-refractivity contribution in [1.29, 1.82) is 0 Å². The molecule has 2 aromatic rings. The van der Waals surface area contributed by atoms with Crippen LogP contribution < -0.4 is 0 Å². The molecule has 0 spiro atoms. The first kappa shape index (κ1) is 14.0. The number of imidazole rings is 1. The number of hydrogen-bond donors (Lipinski definition) is 2. The van der Waals surface area contributed by atoms with Crippen LogP contribution in [0.4, 0.5) is 0 Å². The maximum absolute atomic E-state index is 11.1. The molecule has 0 radical (unpaired) electrons. The summed E-state index contributed by atoms with van der Waals surface area (Å²) in [5.41, 5.74) is 1.93. The molecule has 21 heavy (non-hydrogen) atoms. The molecule has 1 aliphatic rings. The lowest BCUT2D eigenvalue weighted by Crippen LogP contribution is -2.11. The van der Waals surface area contributed by atoms with Crippen molar-refractivity contribution >= 4 is 17.0 Å². The summed E-state index contributed by atoms with van der Waals surface area (Å²) in [6.45, 7) is 1.41. The van der Waals surface area contributed by atoms with Gasteiger partial charge in [0.2, 0.25) is 0 Å². The van der Waals surface area contributed by atoms with Crippen molar-refractivity contribution in [3.05, 3.63) is 29.6 Å². The minimum absolute atomic E-state index is 0.00329. The lowest BCUT2D eigenvalue weighted by atomic mass is 10.2. The molecule has 1 heterocycles. The van der Waals surface area contributed by atoms with E-state index in [4.69, 9.17) is 14.9 Å². The highest BCUT2D eigenvalue weighted by Crippen LogP contribution is 2.40. The lowest BCUT2D eigenvalue weighted by Gasteiger charge is -2.09. The van der Waals surface area contributed by atoms with E-state index in [0.717, 1.165) is 29.7 Å². The smallest absolute Gasteiger partial charge is 0.335 e. The van der Waals surface area contributed by atoms with Gasteiger partial charge in [-0.25, -0.2) is 9.78 Å². The molecule has 1 fully saturated rings. The Morgan fingerprint density at radius 3 is 2.86 bits per heavy atom. The standard InChI is InChI=1S/C15H18N2O4/c18-6-8-21-7-5-17-13-9-11(15(19)20)3-4-12(13)16-14(17)10-1-2-10/h3-4,9-10,18H,1-2,5-8H2,(H,19,20). The number of benzene rings is 1. The lowest BCUT2D eigenvalue weighted by molar-refractivity contribution is 0.0697. The van der Waals surface area contributed by atoms with Crippen molar-refractivity contribution in [2.45, 2.75) is 25.3 Å². The van der Waals surface area contributed by atoms with Crippen LogP contribution in [-0.4, -0.2) is 45.6 Å². The molecule has 1 aromatic heterocycles. The van der Waals surface area contributed by atoms with E-state index in [0.29, 0.717) is 25.7 Å². The molecular weight excluding hydrogens is 272 g/mol. The van der Waals surface area contributed by atoms with Gasteiger partial charge in [-0.3, -0.25) is 0 Å². The molecule has 112 valence electrons. The second-order valence-electron chi connectivity index (χ2n) is 5.24. The summed E-state index contributed by atoms with van der Waals surface area (Å²) in [5.74, 6) is 0.554. The average Bonchev–Trinajstić information content (AvgIpc) is 3.25. The Kier molecular flexibility index (Phi) is 3.90. The van der Waals surface area contributed by atoms with E-state index in [-0.39, 0.29) is 12.2 Å². The Labute approximate surface area is 122 Å². The van der Waals surface area contributed by atoms with Crippen LogP contribution in [0.1, 0.15) is 34.9 Å². The van der Waals surface area contributed by atoms with E-state index in [1.54, 1.807) is 18.2 Å². The summed E-state index contributed by atoms with van der Waals surface area (Å²) in [7, 11) is 0. The number of rotatable bonds is 7. The van der Waals surface area contributed by atoms with Crippen molar-refractivity contribution in [3.63, 3.8) is 0 Å². The minimum atomic E-state index is -0.936. The number of ether oxygens (including phenoxy) is 1. The van der Waals surface area contributed by atoms with Gasteiger partial charge in [0.1, 0.15) is 5.82 Å². The first-order valence-electron chi connectivity index (χ1n) is 7.13. The number of aliphatic hydroxyl groups excluding tert-OH is 1. The SMILES string of the molecule is O=C(O)c1ccc2nc(C3CC3)n(CCOCCO)c2c1. The number of nitrogens with zero attached hydrogens (tertiary/aromatic N) is 2. The highest BCUT2D eigenvalue weighted by molar-refractivity contribution is 5.92. The second-order valence-corrected chi connectivity index (χ2v) is 5.24. The third-order valence-corrected chi connectivity index (χ3v) is 3.66. The van der Waals surface area contributed by atoms with Gasteiger partial charge in [-0.15, -0.1) is 0 Å². The third kappa shape index (κ3) is 2.91. The number of aromatic carboxylic acids is 1. The Hall–Kier alpha value is -1.92. The van der Waals surface area contributed by atoms with Gasteiger partial charge < -0.3 is 19.5 Å². The molecule has 0 atom stereocenters. The van der Waals surface area contributed by atoms with E-state index in [2.05, 4.69) is 9.55 Å². The number of carboxylic acids is 1. The third-order valence-electron chi connectivity index (χ3n) is 3.66. The number of hydrogen-bond acceptors (Lipinski definition) is 4. The molecule has 2 N–H and O–H groups in total. The highest BCUT2D eigenvalue weighted by Gasteiger charge is 2.29. The fraction of sp³-hybridized carbons (Fsp3) is 0.467. The van der Waals surface area contributed by atoms with E-state index in [1.807, 2.05) is 0 Å². The summed E-state index contributed by atoms with van der Waals surface area (Å²) in [6.07, 6.45) is 2.26. The number of carbonyl (C=O) groups is 1. The molecule has 6 nitrogen and oxygen atoms in total. The molecule has 0 aliphatic heterocycles. The summed E-state index contributed by atoms with van der Waals surface area (Å²) in [5, 5.41) is 17.9. The molecule has 0 unspecified atom stereocenters. The second kappa shape index (κ2) is 5.83. The largest absolute Gasteiger partial charge is 0.478 e. The summed E-state index contributed by atoms with van der Waals surface area (Å²) in [4.78, 5) is 15.8. The fourth-order valence-corrected chi connectivity index (χ4v) is 2.49. The molecule has 3 rings (SSSR count). The molecule has 1 aromatic carbocycles. The Morgan fingerprint density at radius 1 is 1.38 bits per heavy atom. The van der Waals surface area contributed by atoms with Crippen molar-refractivity contribution in [2.24, 2.45) is 0 Å². The van der Waals surface area contributed by atoms with Gasteiger partial charge in [0.15, 0.2) is 0 Å². The zero-order valence-electron chi connectivity index (χ0n) is 11.7. The number of aliphatic hydroxyl groups is 1. The van der Waals surface area contributed by atoms with E-state index in [9.17, 15) is 4.79 Å². The maximum atomic E-state index is 11.1. The quantitative estimate of drug-likeness (QED) is 0.757. The summed E-state index contributed by atoms with van der Waals surface area (Å²) in [6, 6.07) is 5.01. The predicted octanol–water partition coefficient (Wildman–Crippen LogP) is 1.62. The topological polar surface area (TPSA) is 84.6 Å². The summed E-state index contributed by atoms with van der Waals surface area (Å²) < 4.78 is 7.38. The normalized spacial score (nSPS) is 14.7. The van der Waals surface area contributed by atoms with Crippen LogP contribution in [0.3, 0.4) is 0 Å². The van der Waals surface area contributed by atoms with E-state index >= 15 is 0 Å². The number of fused-ring (bicyclic) bond motifs is 1. The van der Waals surface area contributed by atoms with Crippen LogP contribution in [0.2, 0.25) is 0 Å². The van der Waals surface area contributed by atoms with Crippen LogP contribution >= 0.6 is 0 Å². The zero-order valence-corrected chi connectivity index (χ0v) is 11.7. The van der Waals surface area contributed by atoms with Gasteiger partial charge in [-0.05, 0) is 31.0 Å².